The largest absolute Gasteiger partial charge is 0.574 e. The van der Waals surface area contributed by atoms with Crippen molar-refractivity contribution in [1.29, 1.82) is 0 Å². The third-order valence-corrected chi connectivity index (χ3v) is 4.80. The van der Waals surface area contributed by atoms with Gasteiger partial charge in [-0.3, -0.25) is 14.6 Å². The minimum absolute atomic E-state index is 0.0329. The highest BCUT2D eigenvalue weighted by Crippen LogP contribution is 2.41. The van der Waals surface area contributed by atoms with E-state index in [4.69, 9.17) is 4.74 Å². The van der Waals surface area contributed by atoms with Gasteiger partial charge in [0.25, 0.3) is 11.8 Å². The minimum Gasteiger partial charge on any atom is -0.491 e. The first kappa shape index (κ1) is 21.3. The summed E-state index contributed by atoms with van der Waals surface area (Å²) in [6.07, 6.45) is -1.45. The van der Waals surface area contributed by atoms with Crippen LogP contribution in [0.1, 0.15) is 28.0 Å². The second-order valence-electron chi connectivity index (χ2n) is 6.81. The van der Waals surface area contributed by atoms with Gasteiger partial charge in [0, 0.05) is 36.6 Å². The fraction of sp³-hybridized carbons (Fsp3) is 0.200. The molecule has 4 rings (SSSR count). The van der Waals surface area contributed by atoms with Crippen LogP contribution in [0, 0.1) is 5.82 Å². The normalized spacial score (nSPS) is 17.8. The summed E-state index contributed by atoms with van der Waals surface area (Å²) in [6, 6.07) is 6.43. The molecule has 0 radical (unpaired) electrons. The summed E-state index contributed by atoms with van der Waals surface area (Å²) >= 11 is 0. The van der Waals surface area contributed by atoms with Crippen LogP contribution < -0.4 is 20.3 Å². The molecular formula is C20H14F4N4O4. The Morgan fingerprint density at radius 3 is 2.75 bits per heavy atom. The molecule has 1 unspecified atom stereocenters. The zero-order chi connectivity index (χ0) is 22.9. The maximum Gasteiger partial charge on any atom is 0.574 e. The molecule has 3 aromatic heterocycles. The molecule has 32 heavy (non-hydrogen) atoms. The molecule has 4 heterocycles. The minimum atomic E-state index is -5.13. The van der Waals surface area contributed by atoms with Gasteiger partial charge in [-0.05, 0) is 24.3 Å². The summed E-state index contributed by atoms with van der Waals surface area (Å²) in [6.45, 7) is 0.0903. The summed E-state index contributed by atoms with van der Waals surface area (Å²) in [4.78, 5) is 34.4. The van der Waals surface area contributed by atoms with E-state index < -0.39 is 35.1 Å². The Balaban J connectivity index is 1.81. The van der Waals surface area contributed by atoms with Crippen LogP contribution in [0.25, 0.3) is 0 Å². The quantitative estimate of drug-likeness (QED) is 0.592. The first-order valence-electron chi connectivity index (χ1n) is 9.19. The van der Waals surface area contributed by atoms with E-state index in [2.05, 4.69) is 25.0 Å². The number of alkyl halides is 3. The fourth-order valence-electron chi connectivity index (χ4n) is 3.40. The lowest BCUT2D eigenvalue weighted by molar-refractivity contribution is -0.277. The Bertz CT molecular complexity index is 1210. The van der Waals surface area contributed by atoms with E-state index in [-0.39, 0.29) is 29.8 Å². The average Bonchev–Trinajstić information content (AvgIpc) is 2.75. The molecular weight excluding hydrogens is 436 g/mol. The Morgan fingerprint density at radius 2 is 2.06 bits per heavy atom. The molecule has 1 atom stereocenters. The molecule has 2 N–H and O–H groups in total. The molecule has 1 amide bonds. The number of carbonyl (C=O) groups is 1. The second-order valence-corrected chi connectivity index (χ2v) is 6.81. The van der Waals surface area contributed by atoms with E-state index in [1.807, 2.05) is 0 Å². The highest BCUT2D eigenvalue weighted by Gasteiger charge is 2.44. The van der Waals surface area contributed by atoms with Gasteiger partial charge in [-0.1, -0.05) is 0 Å². The van der Waals surface area contributed by atoms with Crippen LogP contribution in [-0.2, 0) is 5.54 Å². The lowest BCUT2D eigenvalue weighted by atomic mass is 9.82. The van der Waals surface area contributed by atoms with Crippen LogP contribution in [0.4, 0.5) is 17.6 Å². The van der Waals surface area contributed by atoms with Crippen molar-refractivity contribution in [3.8, 4) is 11.6 Å². The highest BCUT2D eigenvalue weighted by atomic mass is 19.4. The standard InChI is InChI=1S/C20H14F4N4O4/c21-13-8-12(10-27-18(13)32-20(22,23)24)19(5-7-31-14-2-1-6-25-16(14)19)28-17(30)11-3-4-15(29)26-9-11/h1-4,6,8-10H,5,7H2,(H,26,29)(H,28,30). The van der Waals surface area contributed by atoms with Gasteiger partial charge in [-0.2, -0.15) is 0 Å². The number of pyridine rings is 3. The molecule has 0 fully saturated rings. The van der Waals surface area contributed by atoms with E-state index in [1.165, 1.54) is 18.5 Å². The van der Waals surface area contributed by atoms with Gasteiger partial charge in [0.05, 0.1) is 12.2 Å². The van der Waals surface area contributed by atoms with Crippen molar-refractivity contribution in [3.05, 3.63) is 81.9 Å². The van der Waals surface area contributed by atoms with Gasteiger partial charge in [0.2, 0.25) is 5.56 Å². The molecule has 3 aromatic rings. The third-order valence-electron chi connectivity index (χ3n) is 4.80. The Morgan fingerprint density at radius 1 is 1.25 bits per heavy atom. The first-order valence-corrected chi connectivity index (χ1v) is 9.19. The number of carbonyl (C=O) groups excluding carboxylic acids is 1. The Hall–Kier alpha value is -3.96. The van der Waals surface area contributed by atoms with Crippen LogP contribution in [0.15, 0.2) is 53.7 Å². The molecule has 0 bridgehead atoms. The van der Waals surface area contributed by atoms with Crippen molar-refractivity contribution < 1.29 is 31.8 Å². The monoisotopic (exact) mass is 450 g/mol. The molecule has 0 saturated carbocycles. The van der Waals surface area contributed by atoms with E-state index in [1.54, 1.807) is 12.1 Å². The number of rotatable bonds is 4. The predicted molar refractivity (Wildman–Crippen MR) is 101 cm³/mol. The van der Waals surface area contributed by atoms with Crippen LogP contribution in [-0.4, -0.2) is 33.8 Å². The first-order chi connectivity index (χ1) is 15.2. The smallest absolute Gasteiger partial charge is 0.491 e. The molecule has 0 spiro atoms. The number of aromatic nitrogens is 3. The van der Waals surface area contributed by atoms with Crippen LogP contribution in [0.2, 0.25) is 0 Å². The number of nitrogens with one attached hydrogen (secondary N) is 2. The van der Waals surface area contributed by atoms with E-state index in [9.17, 15) is 27.2 Å². The van der Waals surface area contributed by atoms with Crippen molar-refractivity contribution in [2.45, 2.75) is 18.3 Å². The molecule has 1 aliphatic rings. The second kappa shape index (κ2) is 7.94. The van der Waals surface area contributed by atoms with E-state index in [0.29, 0.717) is 5.75 Å². The maximum absolute atomic E-state index is 14.5. The summed E-state index contributed by atoms with van der Waals surface area (Å²) in [5.74, 6) is -2.97. The number of aromatic amines is 1. The number of H-pyrrole nitrogens is 1. The van der Waals surface area contributed by atoms with Crippen LogP contribution in [0.5, 0.6) is 11.6 Å². The number of halogens is 4. The Kier molecular flexibility index (Phi) is 5.28. The van der Waals surface area contributed by atoms with Crippen LogP contribution in [0.3, 0.4) is 0 Å². The summed E-state index contributed by atoms with van der Waals surface area (Å²) in [7, 11) is 0. The number of fused-ring (bicyclic) bond motifs is 1. The zero-order valence-electron chi connectivity index (χ0n) is 16.1. The molecule has 0 aromatic carbocycles. The van der Waals surface area contributed by atoms with Gasteiger partial charge in [0.15, 0.2) is 5.82 Å². The van der Waals surface area contributed by atoms with Crippen LogP contribution >= 0.6 is 0 Å². The van der Waals surface area contributed by atoms with Crippen molar-refractivity contribution in [2.24, 2.45) is 0 Å². The Labute approximate surface area is 177 Å². The molecule has 12 heteroatoms. The number of hydrogen-bond donors (Lipinski definition) is 2. The molecule has 166 valence electrons. The summed E-state index contributed by atoms with van der Waals surface area (Å²) < 4.78 is 61.2. The zero-order valence-corrected chi connectivity index (χ0v) is 16.1. The third kappa shape index (κ3) is 4.11. The maximum atomic E-state index is 14.5. The van der Waals surface area contributed by atoms with E-state index >= 15 is 0 Å². The highest BCUT2D eigenvalue weighted by molar-refractivity contribution is 5.94. The molecule has 0 aliphatic carbocycles. The molecule has 1 aliphatic heterocycles. The van der Waals surface area contributed by atoms with Gasteiger partial charge in [0.1, 0.15) is 17.0 Å². The predicted octanol–water partition coefficient (Wildman–Crippen LogP) is 2.66. The molecule has 8 nitrogen and oxygen atoms in total. The van der Waals surface area contributed by atoms with E-state index in [0.717, 1.165) is 18.3 Å². The van der Waals surface area contributed by atoms with Crippen molar-refractivity contribution >= 4 is 5.91 Å². The van der Waals surface area contributed by atoms with Gasteiger partial charge in [-0.15, -0.1) is 13.2 Å². The summed E-state index contributed by atoms with van der Waals surface area (Å²) in [5, 5.41) is 2.76. The van der Waals surface area contributed by atoms with Crippen molar-refractivity contribution in [2.75, 3.05) is 6.61 Å². The van der Waals surface area contributed by atoms with Gasteiger partial charge >= 0.3 is 6.36 Å². The number of hydrogen-bond acceptors (Lipinski definition) is 6. The number of ether oxygens (including phenoxy) is 2. The fourth-order valence-corrected chi connectivity index (χ4v) is 3.40. The lowest BCUT2D eigenvalue weighted by Gasteiger charge is -2.38. The average molecular weight is 450 g/mol. The molecule has 0 saturated heterocycles. The van der Waals surface area contributed by atoms with Crippen molar-refractivity contribution in [3.63, 3.8) is 0 Å². The summed E-state index contributed by atoms with van der Waals surface area (Å²) in [5.41, 5.74) is -1.55. The SMILES string of the molecule is O=C(NC1(c2cnc(OC(F)(F)F)c(F)c2)CCOc2cccnc21)c1ccc(=O)[nH]c1. The lowest BCUT2D eigenvalue weighted by Crippen LogP contribution is -2.50. The number of amides is 1. The number of nitrogens with zero attached hydrogens (tertiary/aromatic N) is 2. The topological polar surface area (TPSA) is 106 Å². The van der Waals surface area contributed by atoms with Gasteiger partial charge in [-0.25, -0.2) is 9.37 Å². The van der Waals surface area contributed by atoms with Gasteiger partial charge < -0.3 is 19.8 Å². The van der Waals surface area contributed by atoms with Crippen molar-refractivity contribution in [1.82, 2.24) is 20.3 Å².